The molecule has 1 aromatic carbocycles. The Labute approximate surface area is 90.5 Å². The average molecular weight is 228 g/mol. The molecule has 0 aliphatic heterocycles. The molecule has 0 unspecified atom stereocenters. The van der Waals surface area contributed by atoms with Crippen LogP contribution in [0.4, 0.5) is 5.69 Å². The Morgan fingerprint density at radius 2 is 2.07 bits per heavy atom. The summed E-state index contributed by atoms with van der Waals surface area (Å²) in [6, 6.07) is 4.92. The lowest BCUT2D eigenvalue weighted by molar-refractivity contribution is 0.581. The van der Waals surface area contributed by atoms with Crippen molar-refractivity contribution in [3.8, 4) is 0 Å². The smallest absolute Gasteiger partial charge is 0.242 e. The van der Waals surface area contributed by atoms with Gasteiger partial charge in [-0.25, -0.2) is 13.1 Å². The van der Waals surface area contributed by atoms with Crippen molar-refractivity contribution in [2.24, 2.45) is 0 Å². The zero-order chi connectivity index (χ0) is 11.5. The molecule has 4 nitrogen and oxygen atoms in total. The summed E-state index contributed by atoms with van der Waals surface area (Å²) in [6.45, 7) is 4.20. The van der Waals surface area contributed by atoms with E-state index in [0.29, 0.717) is 12.2 Å². The van der Waals surface area contributed by atoms with Crippen LogP contribution in [0.2, 0.25) is 0 Å². The van der Waals surface area contributed by atoms with Crippen LogP contribution < -0.4 is 10.5 Å². The highest BCUT2D eigenvalue weighted by molar-refractivity contribution is 7.89. The second-order valence-corrected chi connectivity index (χ2v) is 5.17. The van der Waals surface area contributed by atoms with Crippen LogP contribution in [-0.2, 0) is 10.0 Å². The van der Waals surface area contributed by atoms with E-state index < -0.39 is 10.0 Å². The van der Waals surface area contributed by atoms with Crippen molar-refractivity contribution in [2.75, 3.05) is 12.3 Å². The maximum absolute atomic E-state index is 11.7. The Hall–Kier alpha value is -1.07. The summed E-state index contributed by atoms with van der Waals surface area (Å²) in [7, 11) is -3.44. The summed E-state index contributed by atoms with van der Waals surface area (Å²) in [5.41, 5.74) is 6.90. The fraction of sp³-hybridized carbons (Fsp3) is 0.400. The van der Waals surface area contributed by atoms with Gasteiger partial charge in [0.25, 0.3) is 0 Å². The van der Waals surface area contributed by atoms with Crippen LogP contribution in [0.15, 0.2) is 23.1 Å². The van der Waals surface area contributed by atoms with Gasteiger partial charge in [0.1, 0.15) is 4.90 Å². The number of nitrogens with two attached hydrogens (primary N) is 1. The molecule has 0 aromatic heterocycles. The highest BCUT2D eigenvalue weighted by Gasteiger charge is 2.15. The first-order chi connectivity index (χ1) is 6.97. The van der Waals surface area contributed by atoms with Gasteiger partial charge in [0.2, 0.25) is 10.0 Å². The van der Waals surface area contributed by atoms with Gasteiger partial charge in [0.05, 0.1) is 5.69 Å². The lowest BCUT2D eigenvalue weighted by Crippen LogP contribution is -2.25. The average Bonchev–Trinajstić information content (AvgIpc) is 2.14. The summed E-state index contributed by atoms with van der Waals surface area (Å²) in [4.78, 5) is 0.154. The zero-order valence-electron chi connectivity index (χ0n) is 8.95. The first-order valence-corrected chi connectivity index (χ1v) is 6.31. The molecule has 0 saturated heterocycles. The molecule has 0 radical (unpaired) electrons. The zero-order valence-corrected chi connectivity index (χ0v) is 9.76. The molecule has 15 heavy (non-hydrogen) atoms. The normalized spacial score (nSPS) is 11.6. The molecule has 0 spiro atoms. The van der Waals surface area contributed by atoms with Crippen LogP contribution in [0.1, 0.15) is 18.9 Å². The number of sulfonamides is 1. The van der Waals surface area contributed by atoms with Crippen molar-refractivity contribution in [1.29, 1.82) is 0 Å². The maximum Gasteiger partial charge on any atom is 0.242 e. The summed E-state index contributed by atoms with van der Waals surface area (Å²) in [5.74, 6) is 0. The van der Waals surface area contributed by atoms with E-state index in [1.165, 1.54) is 6.07 Å². The predicted molar refractivity (Wildman–Crippen MR) is 61.1 cm³/mol. The minimum absolute atomic E-state index is 0.154. The third kappa shape index (κ3) is 2.94. The van der Waals surface area contributed by atoms with Gasteiger partial charge in [0, 0.05) is 6.54 Å². The summed E-state index contributed by atoms with van der Waals surface area (Å²) in [6.07, 6.45) is 0.755. The number of nitrogen functional groups attached to an aromatic ring is 1. The van der Waals surface area contributed by atoms with Gasteiger partial charge in [-0.05, 0) is 31.0 Å². The lowest BCUT2D eigenvalue weighted by atomic mass is 10.2. The minimum Gasteiger partial charge on any atom is -0.398 e. The van der Waals surface area contributed by atoms with E-state index in [1.807, 2.05) is 13.8 Å². The van der Waals surface area contributed by atoms with Crippen molar-refractivity contribution in [3.05, 3.63) is 23.8 Å². The van der Waals surface area contributed by atoms with Gasteiger partial charge < -0.3 is 5.73 Å². The molecule has 0 heterocycles. The number of rotatable bonds is 4. The number of hydrogen-bond donors (Lipinski definition) is 2. The number of benzene rings is 1. The van der Waals surface area contributed by atoms with E-state index in [1.54, 1.807) is 12.1 Å². The molecule has 5 heteroatoms. The molecule has 0 aliphatic rings. The van der Waals surface area contributed by atoms with Gasteiger partial charge >= 0.3 is 0 Å². The van der Waals surface area contributed by atoms with Gasteiger partial charge in [-0.2, -0.15) is 0 Å². The predicted octanol–water partition coefficient (Wildman–Crippen LogP) is 1.27. The van der Waals surface area contributed by atoms with E-state index in [-0.39, 0.29) is 4.90 Å². The fourth-order valence-electron chi connectivity index (χ4n) is 1.23. The standard InChI is InChI=1S/C10H16N2O2S/c1-3-6-12-15(13,14)10-5-4-8(2)7-9(10)11/h4-5,7,12H,3,6,11H2,1-2H3. The third-order valence-electron chi connectivity index (χ3n) is 2.00. The van der Waals surface area contributed by atoms with Crippen LogP contribution in [-0.4, -0.2) is 15.0 Å². The first-order valence-electron chi connectivity index (χ1n) is 4.83. The van der Waals surface area contributed by atoms with Crippen molar-refractivity contribution >= 4 is 15.7 Å². The summed E-state index contributed by atoms with van der Waals surface area (Å²) < 4.78 is 25.9. The highest BCUT2D eigenvalue weighted by atomic mass is 32.2. The molecule has 1 rings (SSSR count). The van der Waals surface area contributed by atoms with E-state index in [9.17, 15) is 8.42 Å². The molecule has 0 amide bonds. The summed E-state index contributed by atoms with van der Waals surface area (Å²) in [5, 5.41) is 0. The van der Waals surface area contributed by atoms with Gasteiger partial charge in [-0.15, -0.1) is 0 Å². The lowest BCUT2D eigenvalue weighted by Gasteiger charge is -2.08. The SMILES string of the molecule is CCCNS(=O)(=O)c1ccc(C)cc1N. The number of aryl methyl sites for hydroxylation is 1. The molecular formula is C10H16N2O2S. The largest absolute Gasteiger partial charge is 0.398 e. The van der Waals surface area contributed by atoms with Gasteiger partial charge in [-0.3, -0.25) is 0 Å². The monoisotopic (exact) mass is 228 g/mol. The van der Waals surface area contributed by atoms with Crippen LogP contribution in [0, 0.1) is 6.92 Å². The van der Waals surface area contributed by atoms with E-state index in [2.05, 4.69) is 4.72 Å². The van der Waals surface area contributed by atoms with E-state index in [0.717, 1.165) is 12.0 Å². The Kier molecular flexibility index (Phi) is 3.71. The molecule has 0 atom stereocenters. The molecule has 84 valence electrons. The molecule has 0 saturated carbocycles. The van der Waals surface area contributed by atoms with Crippen LogP contribution in [0.3, 0.4) is 0 Å². The van der Waals surface area contributed by atoms with Crippen molar-refractivity contribution in [1.82, 2.24) is 4.72 Å². The number of nitrogens with one attached hydrogen (secondary N) is 1. The Morgan fingerprint density at radius 3 is 2.60 bits per heavy atom. The van der Waals surface area contributed by atoms with E-state index >= 15 is 0 Å². The molecule has 0 aliphatic carbocycles. The number of hydrogen-bond acceptors (Lipinski definition) is 3. The number of anilines is 1. The van der Waals surface area contributed by atoms with Crippen LogP contribution in [0.25, 0.3) is 0 Å². The molecule has 1 aromatic rings. The topological polar surface area (TPSA) is 72.2 Å². The minimum atomic E-state index is -3.44. The Morgan fingerprint density at radius 1 is 1.40 bits per heavy atom. The quantitative estimate of drug-likeness (QED) is 0.762. The Bertz CT molecular complexity index is 441. The first kappa shape index (κ1) is 12.0. The molecular weight excluding hydrogens is 212 g/mol. The van der Waals surface area contributed by atoms with Crippen LogP contribution >= 0.6 is 0 Å². The highest BCUT2D eigenvalue weighted by Crippen LogP contribution is 2.18. The van der Waals surface area contributed by atoms with Crippen molar-refractivity contribution in [3.63, 3.8) is 0 Å². The van der Waals surface area contributed by atoms with E-state index in [4.69, 9.17) is 5.73 Å². The molecule has 0 fully saturated rings. The Balaban J connectivity index is 3.05. The van der Waals surface area contributed by atoms with Crippen molar-refractivity contribution in [2.45, 2.75) is 25.2 Å². The third-order valence-corrected chi connectivity index (χ3v) is 3.53. The van der Waals surface area contributed by atoms with Gasteiger partial charge in [-0.1, -0.05) is 13.0 Å². The molecule has 3 N–H and O–H groups in total. The van der Waals surface area contributed by atoms with Gasteiger partial charge in [0.15, 0.2) is 0 Å². The maximum atomic E-state index is 11.7. The van der Waals surface area contributed by atoms with Crippen molar-refractivity contribution < 1.29 is 8.42 Å². The molecule has 0 bridgehead atoms. The second-order valence-electron chi connectivity index (χ2n) is 3.44. The fourth-order valence-corrected chi connectivity index (χ4v) is 2.47. The van der Waals surface area contributed by atoms with Crippen LogP contribution in [0.5, 0.6) is 0 Å². The summed E-state index contributed by atoms with van der Waals surface area (Å²) >= 11 is 0. The second kappa shape index (κ2) is 4.63.